The molecule has 1 aromatic carbocycles. The van der Waals surface area contributed by atoms with Crippen LogP contribution in [0.15, 0.2) is 23.6 Å². The average molecular weight is 292 g/mol. The predicted octanol–water partition coefficient (Wildman–Crippen LogP) is 3.37. The Balaban J connectivity index is 2.21. The Hall–Kier alpha value is -2.28. The molecule has 3 aromatic rings. The van der Waals surface area contributed by atoms with Gasteiger partial charge in [-0.3, -0.25) is 5.10 Å². The van der Waals surface area contributed by atoms with E-state index in [1.165, 1.54) is 23.5 Å². The molecule has 20 heavy (non-hydrogen) atoms. The fourth-order valence-electron chi connectivity index (χ4n) is 1.98. The zero-order valence-corrected chi connectivity index (χ0v) is 11.3. The van der Waals surface area contributed by atoms with Crippen molar-refractivity contribution in [2.75, 3.05) is 5.73 Å². The molecule has 0 spiro atoms. The molecule has 0 saturated heterocycles. The molecule has 0 fully saturated rings. The van der Waals surface area contributed by atoms with Crippen LogP contribution in [0.5, 0.6) is 0 Å². The highest BCUT2D eigenvalue weighted by Gasteiger charge is 2.19. The van der Waals surface area contributed by atoms with E-state index in [1.807, 2.05) is 12.3 Å². The Bertz CT molecular complexity index is 779. The van der Waals surface area contributed by atoms with Gasteiger partial charge in [0.05, 0.1) is 22.0 Å². The summed E-state index contributed by atoms with van der Waals surface area (Å²) in [5.74, 6) is -1.18. The first kappa shape index (κ1) is 12.7. The lowest BCUT2D eigenvalue weighted by atomic mass is 10.0. The third-order valence-electron chi connectivity index (χ3n) is 2.87. The summed E-state index contributed by atoms with van der Waals surface area (Å²) in [6.07, 6.45) is 0. The Labute approximate surface area is 117 Å². The summed E-state index contributed by atoms with van der Waals surface area (Å²) in [5.41, 5.74) is 7.55. The van der Waals surface area contributed by atoms with Crippen LogP contribution in [0.2, 0.25) is 0 Å². The number of nitrogens with one attached hydrogen (secondary N) is 1. The molecule has 0 unspecified atom stereocenters. The van der Waals surface area contributed by atoms with E-state index in [0.717, 1.165) is 11.1 Å². The molecule has 102 valence electrons. The molecule has 7 heteroatoms. The number of aryl methyl sites for hydroxylation is 1. The molecular weight excluding hydrogens is 282 g/mol. The van der Waals surface area contributed by atoms with Crippen molar-refractivity contribution in [3.05, 3.63) is 40.2 Å². The van der Waals surface area contributed by atoms with E-state index in [1.54, 1.807) is 0 Å². The molecule has 3 rings (SSSR count). The summed E-state index contributed by atoms with van der Waals surface area (Å²) in [7, 11) is 0. The summed E-state index contributed by atoms with van der Waals surface area (Å²) in [4.78, 5) is 4.32. The molecule has 2 heterocycles. The van der Waals surface area contributed by atoms with Crippen molar-refractivity contribution in [1.82, 2.24) is 15.2 Å². The topological polar surface area (TPSA) is 67.6 Å². The first-order chi connectivity index (χ1) is 9.56. The molecule has 4 nitrogen and oxygen atoms in total. The van der Waals surface area contributed by atoms with Crippen molar-refractivity contribution in [3.63, 3.8) is 0 Å². The average Bonchev–Trinajstić information content (AvgIpc) is 2.96. The lowest BCUT2D eigenvalue weighted by Crippen LogP contribution is -1.92. The van der Waals surface area contributed by atoms with E-state index in [4.69, 9.17) is 5.73 Å². The quantitative estimate of drug-likeness (QED) is 0.761. The lowest BCUT2D eigenvalue weighted by Gasteiger charge is -2.04. The maximum absolute atomic E-state index is 13.9. The van der Waals surface area contributed by atoms with Crippen LogP contribution in [0.1, 0.15) is 5.01 Å². The zero-order chi connectivity index (χ0) is 14.3. The van der Waals surface area contributed by atoms with E-state index < -0.39 is 11.6 Å². The van der Waals surface area contributed by atoms with Crippen molar-refractivity contribution in [3.8, 4) is 22.5 Å². The van der Waals surface area contributed by atoms with Crippen LogP contribution in [0.3, 0.4) is 0 Å². The highest BCUT2D eigenvalue weighted by atomic mass is 32.1. The second-order valence-electron chi connectivity index (χ2n) is 4.23. The molecule has 0 bridgehead atoms. The molecule has 0 amide bonds. The van der Waals surface area contributed by atoms with E-state index in [-0.39, 0.29) is 11.4 Å². The van der Waals surface area contributed by atoms with E-state index in [9.17, 15) is 8.78 Å². The fraction of sp³-hybridized carbons (Fsp3) is 0.0769. The van der Waals surface area contributed by atoms with E-state index in [2.05, 4.69) is 15.2 Å². The van der Waals surface area contributed by atoms with Crippen LogP contribution < -0.4 is 5.73 Å². The molecular formula is C13H10F2N4S. The number of nitrogens with two attached hydrogens (primary N) is 1. The Morgan fingerprint density at radius 3 is 2.75 bits per heavy atom. The minimum Gasteiger partial charge on any atom is -0.382 e. The molecule has 0 aliphatic carbocycles. The number of thiazole rings is 1. The minimum absolute atomic E-state index is 0.149. The predicted molar refractivity (Wildman–Crippen MR) is 74.2 cm³/mol. The van der Waals surface area contributed by atoms with Gasteiger partial charge in [0, 0.05) is 17.0 Å². The van der Waals surface area contributed by atoms with Gasteiger partial charge in [0.2, 0.25) is 0 Å². The van der Waals surface area contributed by atoms with Gasteiger partial charge >= 0.3 is 0 Å². The van der Waals surface area contributed by atoms with E-state index >= 15 is 0 Å². The normalized spacial score (nSPS) is 10.9. The van der Waals surface area contributed by atoms with Crippen LogP contribution in [-0.4, -0.2) is 15.2 Å². The van der Waals surface area contributed by atoms with Crippen molar-refractivity contribution in [2.24, 2.45) is 0 Å². The van der Waals surface area contributed by atoms with Crippen molar-refractivity contribution >= 4 is 17.2 Å². The van der Waals surface area contributed by atoms with Crippen molar-refractivity contribution < 1.29 is 8.78 Å². The Morgan fingerprint density at radius 1 is 1.30 bits per heavy atom. The summed E-state index contributed by atoms with van der Waals surface area (Å²) in [6.45, 7) is 1.87. The minimum atomic E-state index is -0.689. The van der Waals surface area contributed by atoms with Gasteiger partial charge in [-0.2, -0.15) is 5.10 Å². The molecule has 0 aliphatic heterocycles. The van der Waals surface area contributed by atoms with Crippen LogP contribution in [-0.2, 0) is 0 Å². The second-order valence-corrected chi connectivity index (χ2v) is 5.30. The summed E-state index contributed by atoms with van der Waals surface area (Å²) < 4.78 is 27.0. The van der Waals surface area contributed by atoms with Crippen molar-refractivity contribution in [1.29, 1.82) is 0 Å². The van der Waals surface area contributed by atoms with Gasteiger partial charge < -0.3 is 5.73 Å². The van der Waals surface area contributed by atoms with Crippen LogP contribution >= 0.6 is 11.3 Å². The molecule has 0 aliphatic rings. The van der Waals surface area contributed by atoms with Gasteiger partial charge in [0.15, 0.2) is 5.82 Å². The van der Waals surface area contributed by atoms with Crippen LogP contribution in [0.4, 0.5) is 14.6 Å². The van der Waals surface area contributed by atoms with E-state index in [0.29, 0.717) is 17.0 Å². The largest absolute Gasteiger partial charge is 0.382 e. The SMILES string of the molecule is Cc1nc(-c2[nH]nc(N)c2-c2ccc(F)cc2F)cs1. The van der Waals surface area contributed by atoms with Gasteiger partial charge in [-0.25, -0.2) is 13.8 Å². The van der Waals surface area contributed by atoms with Gasteiger partial charge in [-0.05, 0) is 19.1 Å². The number of hydrogen-bond donors (Lipinski definition) is 2. The molecule has 0 atom stereocenters. The van der Waals surface area contributed by atoms with Gasteiger partial charge in [-0.15, -0.1) is 11.3 Å². The highest BCUT2D eigenvalue weighted by molar-refractivity contribution is 7.09. The third-order valence-corrected chi connectivity index (χ3v) is 3.64. The number of nitrogen functional groups attached to an aromatic ring is 1. The fourth-order valence-corrected chi connectivity index (χ4v) is 2.59. The first-order valence-corrected chi connectivity index (χ1v) is 6.66. The Morgan fingerprint density at radius 2 is 2.10 bits per heavy atom. The number of hydrogen-bond acceptors (Lipinski definition) is 4. The number of aromatic nitrogens is 3. The number of aromatic amines is 1. The second kappa shape index (κ2) is 4.68. The maximum atomic E-state index is 13.9. The number of nitrogens with zero attached hydrogens (tertiary/aromatic N) is 2. The number of halogens is 2. The molecule has 3 N–H and O–H groups in total. The van der Waals surface area contributed by atoms with Crippen molar-refractivity contribution in [2.45, 2.75) is 6.92 Å². The summed E-state index contributed by atoms with van der Waals surface area (Å²) >= 11 is 1.47. The number of anilines is 1. The number of H-pyrrole nitrogens is 1. The number of rotatable bonds is 2. The van der Waals surface area contributed by atoms with Gasteiger partial charge in [-0.1, -0.05) is 0 Å². The standard InChI is InChI=1S/C13H10F2N4S/c1-6-17-10(5-20-6)12-11(13(16)19-18-12)8-3-2-7(14)4-9(8)15/h2-5H,1H3,(H3,16,18,19). The van der Waals surface area contributed by atoms with Gasteiger partial charge in [0.1, 0.15) is 11.6 Å². The summed E-state index contributed by atoms with van der Waals surface area (Å²) in [5, 5.41) is 9.35. The molecule has 0 saturated carbocycles. The highest BCUT2D eigenvalue weighted by Crippen LogP contribution is 2.36. The lowest BCUT2D eigenvalue weighted by molar-refractivity contribution is 0.585. The number of benzene rings is 1. The molecule has 0 radical (unpaired) electrons. The Kier molecular flexibility index (Phi) is 2.98. The summed E-state index contributed by atoms with van der Waals surface area (Å²) in [6, 6.07) is 3.34. The smallest absolute Gasteiger partial charge is 0.153 e. The third kappa shape index (κ3) is 2.05. The first-order valence-electron chi connectivity index (χ1n) is 5.78. The van der Waals surface area contributed by atoms with Crippen LogP contribution in [0.25, 0.3) is 22.5 Å². The monoisotopic (exact) mass is 292 g/mol. The van der Waals surface area contributed by atoms with Crippen LogP contribution in [0, 0.1) is 18.6 Å². The molecule has 2 aromatic heterocycles. The zero-order valence-electron chi connectivity index (χ0n) is 10.4. The maximum Gasteiger partial charge on any atom is 0.153 e. The van der Waals surface area contributed by atoms with Gasteiger partial charge in [0.25, 0.3) is 0 Å².